The predicted molar refractivity (Wildman–Crippen MR) is 127 cm³/mol. The van der Waals surface area contributed by atoms with Crippen LogP contribution in [-0.2, 0) is 18.1 Å². The van der Waals surface area contributed by atoms with E-state index >= 15 is 0 Å². The highest BCUT2D eigenvalue weighted by atomic mass is 19.4. The number of likely N-dealkylation sites (N-methyl/N-ethyl adjacent to an activating group) is 1. The molecule has 0 spiro atoms. The number of alkyl halides is 3. The Morgan fingerprint density at radius 3 is 2.43 bits per heavy atom. The van der Waals surface area contributed by atoms with Crippen molar-refractivity contribution in [3.63, 3.8) is 0 Å². The molecule has 184 valence electrons. The predicted octanol–water partition coefficient (Wildman–Crippen LogP) is 5.74. The van der Waals surface area contributed by atoms with Gasteiger partial charge in [0.25, 0.3) is 0 Å². The number of benzene rings is 2. The van der Waals surface area contributed by atoms with Gasteiger partial charge in [0.1, 0.15) is 5.69 Å². The van der Waals surface area contributed by atoms with Crippen LogP contribution in [0, 0.1) is 11.3 Å². The first kappa shape index (κ1) is 25.0. The van der Waals surface area contributed by atoms with Crippen molar-refractivity contribution in [3.8, 4) is 17.3 Å². The Hall–Kier alpha value is -3.15. The lowest BCUT2D eigenvalue weighted by Crippen LogP contribution is -2.44. The molecule has 4 rings (SSSR count). The van der Waals surface area contributed by atoms with Gasteiger partial charge in [-0.1, -0.05) is 60.6 Å². The number of hydrogen-bond donors (Lipinski definition) is 0. The lowest BCUT2D eigenvalue weighted by molar-refractivity contribution is -0.137. The molecule has 2 aromatic carbocycles. The van der Waals surface area contributed by atoms with Gasteiger partial charge in [-0.15, -0.1) is 0 Å². The topological polar surface area (TPSA) is 56.3 Å². The van der Waals surface area contributed by atoms with Crippen LogP contribution in [0.2, 0.25) is 0 Å². The van der Waals surface area contributed by atoms with E-state index in [-0.39, 0.29) is 11.3 Å². The fourth-order valence-electron chi connectivity index (χ4n) is 4.70. The first-order valence-corrected chi connectivity index (χ1v) is 11.9. The molecular weight excluding hydrogens is 453 g/mol. The summed E-state index contributed by atoms with van der Waals surface area (Å²) in [5.74, 6) is 0.532. The molecule has 0 amide bonds. The molecule has 3 aromatic rings. The van der Waals surface area contributed by atoms with Crippen LogP contribution in [0.3, 0.4) is 0 Å². The van der Waals surface area contributed by atoms with Crippen LogP contribution in [0.4, 0.5) is 13.2 Å². The van der Waals surface area contributed by atoms with Crippen molar-refractivity contribution in [2.45, 2.75) is 37.9 Å². The number of aromatic nitrogens is 1. The van der Waals surface area contributed by atoms with Gasteiger partial charge in [0.05, 0.1) is 23.6 Å². The SMILES string of the molecule is CCN(CCN1CCC(C#N)(c2ccccc2)CC1)Cc1cc(-c2ccccc2C(F)(F)F)no1. The molecule has 0 bridgehead atoms. The average Bonchev–Trinajstić information content (AvgIpc) is 3.35. The number of nitrogens with zero attached hydrogens (tertiary/aromatic N) is 4. The first-order chi connectivity index (χ1) is 16.8. The third kappa shape index (κ3) is 5.75. The summed E-state index contributed by atoms with van der Waals surface area (Å²) in [4.78, 5) is 4.55. The minimum Gasteiger partial charge on any atom is -0.359 e. The molecule has 1 saturated heterocycles. The molecule has 5 nitrogen and oxygen atoms in total. The maximum Gasteiger partial charge on any atom is 0.417 e. The number of likely N-dealkylation sites (tertiary alicyclic amines) is 1. The molecule has 0 aliphatic carbocycles. The third-order valence-corrected chi connectivity index (χ3v) is 6.88. The molecule has 0 radical (unpaired) electrons. The summed E-state index contributed by atoms with van der Waals surface area (Å²) in [6.07, 6.45) is -2.86. The van der Waals surface area contributed by atoms with E-state index in [4.69, 9.17) is 4.52 Å². The zero-order chi connectivity index (χ0) is 24.9. The molecule has 2 heterocycles. The Morgan fingerprint density at radius 2 is 1.77 bits per heavy atom. The van der Waals surface area contributed by atoms with Crippen LogP contribution in [0.1, 0.15) is 36.7 Å². The molecule has 35 heavy (non-hydrogen) atoms. The third-order valence-electron chi connectivity index (χ3n) is 6.88. The fraction of sp³-hybridized carbons (Fsp3) is 0.407. The van der Waals surface area contributed by atoms with Gasteiger partial charge >= 0.3 is 6.18 Å². The van der Waals surface area contributed by atoms with Crippen LogP contribution < -0.4 is 0 Å². The molecule has 1 aliphatic heterocycles. The summed E-state index contributed by atoms with van der Waals surface area (Å²) in [6.45, 7) is 6.62. The highest BCUT2D eigenvalue weighted by Crippen LogP contribution is 2.37. The molecule has 8 heteroatoms. The molecule has 0 atom stereocenters. The van der Waals surface area contributed by atoms with Gasteiger partial charge in [-0.2, -0.15) is 18.4 Å². The van der Waals surface area contributed by atoms with Crippen LogP contribution in [-0.4, -0.2) is 47.7 Å². The maximum absolute atomic E-state index is 13.4. The molecule has 0 N–H and O–H groups in total. The summed E-state index contributed by atoms with van der Waals surface area (Å²) in [6, 6.07) is 19.6. The highest BCUT2D eigenvalue weighted by molar-refractivity contribution is 5.64. The van der Waals surface area contributed by atoms with E-state index in [1.807, 2.05) is 37.3 Å². The quantitative estimate of drug-likeness (QED) is 0.410. The van der Waals surface area contributed by atoms with E-state index in [0.717, 1.165) is 57.2 Å². The number of rotatable bonds is 8. The Bertz CT molecular complexity index is 1140. The van der Waals surface area contributed by atoms with Gasteiger partial charge in [-0.25, -0.2) is 0 Å². The number of hydrogen-bond acceptors (Lipinski definition) is 5. The van der Waals surface area contributed by atoms with E-state index in [9.17, 15) is 18.4 Å². The first-order valence-electron chi connectivity index (χ1n) is 11.9. The van der Waals surface area contributed by atoms with Gasteiger partial charge in [-0.3, -0.25) is 4.90 Å². The molecule has 0 unspecified atom stereocenters. The fourth-order valence-corrected chi connectivity index (χ4v) is 4.70. The molecule has 1 aromatic heterocycles. The van der Waals surface area contributed by atoms with Crippen LogP contribution in [0.25, 0.3) is 11.3 Å². The standard InChI is InChI=1S/C27H29F3N4O/c1-2-33(16-17-34-14-12-26(20-31,13-15-34)21-8-4-3-5-9-21)19-22-18-25(32-35-22)23-10-6-7-11-24(23)27(28,29)30/h3-11,18H,2,12-17,19H2,1H3. The normalized spacial score (nSPS) is 16.3. The minimum absolute atomic E-state index is 0.0192. The summed E-state index contributed by atoms with van der Waals surface area (Å²) in [7, 11) is 0. The summed E-state index contributed by atoms with van der Waals surface area (Å²) < 4.78 is 45.5. The van der Waals surface area contributed by atoms with Crippen molar-refractivity contribution in [1.29, 1.82) is 5.26 Å². The van der Waals surface area contributed by atoms with Gasteiger partial charge in [0, 0.05) is 37.8 Å². The monoisotopic (exact) mass is 482 g/mol. The van der Waals surface area contributed by atoms with Crippen molar-refractivity contribution < 1.29 is 17.7 Å². The van der Waals surface area contributed by atoms with Gasteiger partial charge in [-0.05, 0) is 31.0 Å². The summed E-state index contributed by atoms with van der Waals surface area (Å²) >= 11 is 0. The Labute approximate surface area is 203 Å². The van der Waals surface area contributed by atoms with Crippen molar-refractivity contribution in [2.24, 2.45) is 0 Å². The van der Waals surface area contributed by atoms with E-state index in [1.54, 1.807) is 12.1 Å². The molecule has 0 saturated carbocycles. The Balaban J connectivity index is 1.34. The Morgan fingerprint density at radius 1 is 1.09 bits per heavy atom. The van der Waals surface area contributed by atoms with Crippen molar-refractivity contribution in [3.05, 3.63) is 77.6 Å². The second kappa shape index (κ2) is 10.6. The smallest absolute Gasteiger partial charge is 0.359 e. The molecule has 1 fully saturated rings. The van der Waals surface area contributed by atoms with Crippen LogP contribution in [0.5, 0.6) is 0 Å². The van der Waals surface area contributed by atoms with Gasteiger partial charge in [0.15, 0.2) is 5.76 Å². The maximum atomic E-state index is 13.4. The number of nitriles is 1. The Kier molecular flexibility index (Phi) is 7.58. The molecule has 1 aliphatic rings. The van der Waals surface area contributed by atoms with E-state index < -0.39 is 17.2 Å². The number of piperidine rings is 1. The average molecular weight is 483 g/mol. The second-order valence-corrected chi connectivity index (χ2v) is 8.99. The van der Waals surface area contributed by atoms with Gasteiger partial charge < -0.3 is 9.42 Å². The van der Waals surface area contributed by atoms with E-state index in [1.165, 1.54) is 12.1 Å². The van der Waals surface area contributed by atoms with E-state index in [2.05, 4.69) is 21.0 Å². The van der Waals surface area contributed by atoms with Crippen molar-refractivity contribution in [1.82, 2.24) is 15.0 Å². The van der Waals surface area contributed by atoms with E-state index in [0.29, 0.717) is 12.3 Å². The number of halogens is 3. The second-order valence-electron chi connectivity index (χ2n) is 8.99. The van der Waals surface area contributed by atoms with Gasteiger partial charge in [0.2, 0.25) is 0 Å². The van der Waals surface area contributed by atoms with Crippen molar-refractivity contribution in [2.75, 3.05) is 32.7 Å². The zero-order valence-corrected chi connectivity index (χ0v) is 19.8. The highest BCUT2D eigenvalue weighted by Gasteiger charge is 2.36. The van der Waals surface area contributed by atoms with Crippen LogP contribution in [0.15, 0.2) is 65.2 Å². The lowest BCUT2D eigenvalue weighted by Gasteiger charge is -2.38. The lowest BCUT2D eigenvalue weighted by atomic mass is 9.74. The summed E-state index contributed by atoms with van der Waals surface area (Å²) in [5.41, 5.74) is 0.150. The minimum atomic E-state index is -4.46. The van der Waals surface area contributed by atoms with Crippen molar-refractivity contribution >= 4 is 0 Å². The zero-order valence-electron chi connectivity index (χ0n) is 19.8. The largest absolute Gasteiger partial charge is 0.417 e. The summed E-state index contributed by atoms with van der Waals surface area (Å²) in [5, 5.41) is 13.8. The van der Waals surface area contributed by atoms with Crippen LogP contribution >= 0.6 is 0 Å². The molecular formula is C27H29F3N4O.